The Bertz CT molecular complexity index is 861. The predicted molar refractivity (Wildman–Crippen MR) is 104 cm³/mol. The molecule has 1 aromatic heterocycles. The quantitative estimate of drug-likeness (QED) is 0.822. The molecular formula is C21H24N2O5. The lowest BCUT2D eigenvalue weighted by molar-refractivity contribution is -0.136. The number of carboxylic acids is 1. The fourth-order valence-electron chi connectivity index (χ4n) is 3.42. The van der Waals surface area contributed by atoms with Crippen molar-refractivity contribution >= 4 is 23.5 Å². The number of furan rings is 1. The summed E-state index contributed by atoms with van der Waals surface area (Å²) in [6.07, 6.45) is 5.39. The average Bonchev–Trinajstić information content (AvgIpc) is 2.86. The van der Waals surface area contributed by atoms with E-state index in [0.717, 1.165) is 38.8 Å². The summed E-state index contributed by atoms with van der Waals surface area (Å²) >= 11 is 0. The Balaban J connectivity index is 1.69. The van der Waals surface area contributed by atoms with Crippen LogP contribution in [-0.2, 0) is 11.2 Å². The summed E-state index contributed by atoms with van der Waals surface area (Å²) < 4.78 is 5.20. The number of benzene rings is 1. The van der Waals surface area contributed by atoms with E-state index < -0.39 is 11.9 Å². The van der Waals surface area contributed by atoms with Crippen molar-refractivity contribution in [3.8, 4) is 0 Å². The van der Waals surface area contributed by atoms with Crippen LogP contribution in [0.2, 0.25) is 0 Å². The first kappa shape index (κ1) is 19.7. The van der Waals surface area contributed by atoms with E-state index in [2.05, 4.69) is 5.32 Å². The molecule has 3 rings (SSSR count). The van der Waals surface area contributed by atoms with Crippen molar-refractivity contribution in [3.63, 3.8) is 0 Å². The molecule has 7 nitrogen and oxygen atoms in total. The third-order valence-electron chi connectivity index (χ3n) is 4.87. The molecule has 0 bridgehead atoms. The van der Waals surface area contributed by atoms with E-state index in [0.29, 0.717) is 16.8 Å². The van der Waals surface area contributed by atoms with Crippen molar-refractivity contribution in [2.24, 2.45) is 0 Å². The van der Waals surface area contributed by atoms with Crippen molar-refractivity contribution in [2.75, 3.05) is 18.4 Å². The molecule has 0 radical (unpaired) electrons. The van der Waals surface area contributed by atoms with Gasteiger partial charge in [-0.1, -0.05) is 12.8 Å². The smallest absolute Gasteiger partial charge is 0.311 e. The summed E-state index contributed by atoms with van der Waals surface area (Å²) in [6, 6.07) is 6.75. The molecule has 1 aliphatic rings. The fourth-order valence-corrected chi connectivity index (χ4v) is 3.42. The van der Waals surface area contributed by atoms with E-state index in [1.165, 1.54) is 6.26 Å². The Kier molecular flexibility index (Phi) is 6.13. The zero-order valence-electron chi connectivity index (χ0n) is 15.9. The monoisotopic (exact) mass is 384 g/mol. The van der Waals surface area contributed by atoms with Gasteiger partial charge in [-0.05, 0) is 44.0 Å². The van der Waals surface area contributed by atoms with Gasteiger partial charge in [0.25, 0.3) is 11.8 Å². The molecule has 0 spiro atoms. The van der Waals surface area contributed by atoms with Crippen LogP contribution in [-0.4, -0.2) is 40.9 Å². The van der Waals surface area contributed by atoms with E-state index >= 15 is 0 Å². The Morgan fingerprint density at radius 3 is 2.32 bits per heavy atom. The van der Waals surface area contributed by atoms with Crippen molar-refractivity contribution in [2.45, 2.75) is 39.0 Å². The lowest BCUT2D eigenvalue weighted by atomic mass is 10.1. The number of rotatable bonds is 5. The maximum atomic E-state index is 12.6. The Labute approximate surface area is 163 Å². The standard InChI is InChI=1S/C21H24N2O5/c1-14-13-28-17(12-18(24)25)19(14)20(26)22-16-8-6-15(7-9-16)21(27)23-10-4-2-3-5-11-23/h6-9,13H,2-5,10-12H2,1H3,(H,22,26)(H,24,25). The fraction of sp³-hybridized carbons (Fsp3) is 0.381. The van der Waals surface area contributed by atoms with Gasteiger partial charge < -0.3 is 19.7 Å². The molecule has 1 fully saturated rings. The summed E-state index contributed by atoms with van der Waals surface area (Å²) in [5, 5.41) is 11.7. The highest BCUT2D eigenvalue weighted by Crippen LogP contribution is 2.20. The number of aryl methyl sites for hydroxylation is 1. The number of carbonyl (C=O) groups excluding carboxylic acids is 2. The third-order valence-corrected chi connectivity index (χ3v) is 4.87. The molecule has 1 aromatic carbocycles. The first-order valence-corrected chi connectivity index (χ1v) is 9.45. The molecule has 1 aliphatic heterocycles. The van der Waals surface area contributed by atoms with Crippen LogP contribution in [0.4, 0.5) is 5.69 Å². The zero-order chi connectivity index (χ0) is 20.1. The zero-order valence-corrected chi connectivity index (χ0v) is 15.9. The van der Waals surface area contributed by atoms with Gasteiger partial charge in [-0.15, -0.1) is 0 Å². The summed E-state index contributed by atoms with van der Waals surface area (Å²) in [5.74, 6) is -1.38. The molecule has 2 N–H and O–H groups in total. The lowest BCUT2D eigenvalue weighted by Crippen LogP contribution is -2.31. The lowest BCUT2D eigenvalue weighted by Gasteiger charge is -2.20. The number of nitrogens with zero attached hydrogens (tertiary/aromatic N) is 1. The van der Waals surface area contributed by atoms with E-state index in [-0.39, 0.29) is 23.7 Å². The van der Waals surface area contributed by atoms with Gasteiger partial charge in [0.1, 0.15) is 12.2 Å². The molecule has 0 atom stereocenters. The van der Waals surface area contributed by atoms with Crippen molar-refractivity contribution in [1.29, 1.82) is 0 Å². The second-order valence-electron chi connectivity index (χ2n) is 7.03. The number of hydrogen-bond donors (Lipinski definition) is 2. The number of aliphatic carboxylic acids is 1. The van der Waals surface area contributed by atoms with E-state index in [4.69, 9.17) is 9.52 Å². The van der Waals surface area contributed by atoms with Crippen LogP contribution >= 0.6 is 0 Å². The first-order chi connectivity index (χ1) is 13.5. The molecule has 1 saturated heterocycles. The highest BCUT2D eigenvalue weighted by molar-refractivity contribution is 6.06. The van der Waals surface area contributed by atoms with Gasteiger partial charge in [-0.2, -0.15) is 0 Å². The molecule has 0 unspecified atom stereocenters. The minimum atomic E-state index is -1.07. The van der Waals surface area contributed by atoms with E-state index in [9.17, 15) is 14.4 Å². The second-order valence-corrected chi connectivity index (χ2v) is 7.03. The Morgan fingerprint density at radius 2 is 1.71 bits per heavy atom. The highest BCUT2D eigenvalue weighted by atomic mass is 16.4. The molecular weight excluding hydrogens is 360 g/mol. The van der Waals surface area contributed by atoms with Crippen molar-refractivity contribution in [3.05, 3.63) is 53.0 Å². The van der Waals surface area contributed by atoms with Gasteiger partial charge in [-0.3, -0.25) is 14.4 Å². The van der Waals surface area contributed by atoms with Gasteiger partial charge in [0.05, 0.1) is 11.8 Å². The number of likely N-dealkylation sites (tertiary alicyclic amines) is 1. The summed E-state index contributed by atoms with van der Waals surface area (Å²) in [5.41, 5.74) is 1.92. The normalized spacial score (nSPS) is 14.4. The largest absolute Gasteiger partial charge is 0.481 e. The third kappa shape index (κ3) is 4.60. The molecule has 0 aliphatic carbocycles. The number of amides is 2. The van der Waals surface area contributed by atoms with Crippen molar-refractivity contribution < 1.29 is 23.9 Å². The van der Waals surface area contributed by atoms with Crippen LogP contribution in [0.25, 0.3) is 0 Å². The van der Waals surface area contributed by atoms with Crippen LogP contribution in [0.5, 0.6) is 0 Å². The topological polar surface area (TPSA) is 99.8 Å². The van der Waals surface area contributed by atoms with Gasteiger partial charge in [0, 0.05) is 29.9 Å². The van der Waals surface area contributed by atoms with Gasteiger partial charge in [-0.25, -0.2) is 0 Å². The van der Waals surface area contributed by atoms with Gasteiger partial charge in [0.2, 0.25) is 0 Å². The number of nitrogens with one attached hydrogen (secondary N) is 1. The predicted octanol–water partition coefficient (Wildman–Crippen LogP) is 3.48. The Morgan fingerprint density at radius 1 is 1.07 bits per heavy atom. The maximum Gasteiger partial charge on any atom is 0.311 e. The Hall–Kier alpha value is -3.09. The molecule has 2 heterocycles. The molecule has 7 heteroatoms. The number of anilines is 1. The molecule has 2 aromatic rings. The van der Waals surface area contributed by atoms with E-state index in [1.807, 2.05) is 4.90 Å². The SMILES string of the molecule is Cc1coc(CC(=O)O)c1C(=O)Nc1ccc(C(=O)N2CCCCCC2)cc1. The minimum Gasteiger partial charge on any atom is -0.481 e. The van der Waals surface area contributed by atoms with Gasteiger partial charge in [0.15, 0.2) is 0 Å². The van der Waals surface area contributed by atoms with Crippen molar-refractivity contribution in [1.82, 2.24) is 4.90 Å². The van der Waals surface area contributed by atoms with Gasteiger partial charge >= 0.3 is 5.97 Å². The molecule has 148 valence electrons. The summed E-state index contributed by atoms with van der Waals surface area (Å²) in [7, 11) is 0. The van der Waals surface area contributed by atoms with Crippen LogP contribution in [0.3, 0.4) is 0 Å². The minimum absolute atomic E-state index is 0.00852. The molecule has 2 amide bonds. The highest BCUT2D eigenvalue weighted by Gasteiger charge is 2.21. The van der Waals surface area contributed by atoms with Crippen LogP contribution in [0, 0.1) is 6.92 Å². The van der Waals surface area contributed by atoms with Crippen LogP contribution in [0.15, 0.2) is 34.9 Å². The van der Waals surface area contributed by atoms with Crippen LogP contribution < -0.4 is 5.32 Å². The average molecular weight is 384 g/mol. The summed E-state index contributed by atoms with van der Waals surface area (Å²) in [6.45, 7) is 3.25. The summed E-state index contributed by atoms with van der Waals surface area (Å²) in [4.78, 5) is 38.0. The first-order valence-electron chi connectivity index (χ1n) is 9.45. The van der Waals surface area contributed by atoms with Crippen LogP contribution in [0.1, 0.15) is 57.7 Å². The molecule has 0 saturated carbocycles. The maximum absolute atomic E-state index is 12.6. The van der Waals surface area contributed by atoms with E-state index in [1.54, 1.807) is 31.2 Å². The number of hydrogen-bond acceptors (Lipinski definition) is 4. The number of carboxylic acid groups (broad SMARTS) is 1. The number of carbonyl (C=O) groups is 3. The molecule has 28 heavy (non-hydrogen) atoms. The second kappa shape index (κ2) is 8.73.